The molecule has 3 aromatic rings. The predicted octanol–water partition coefficient (Wildman–Crippen LogP) is 5.03. The summed E-state index contributed by atoms with van der Waals surface area (Å²) in [6, 6.07) is 12.3. The Bertz CT molecular complexity index is 1400. The first kappa shape index (κ1) is 27.7. The number of hydrogen-bond acceptors (Lipinski definition) is 6. The van der Waals surface area contributed by atoms with E-state index in [0.717, 1.165) is 31.7 Å². The molecule has 0 radical (unpaired) electrons. The molecule has 1 fully saturated rings. The van der Waals surface area contributed by atoms with Crippen molar-refractivity contribution in [1.29, 1.82) is 0 Å². The molecule has 2 aromatic carbocycles. The summed E-state index contributed by atoms with van der Waals surface area (Å²) in [5.41, 5.74) is 6.45. The summed E-state index contributed by atoms with van der Waals surface area (Å²) in [6.07, 6.45) is 0.284. The predicted molar refractivity (Wildman–Crippen MR) is 154 cm³/mol. The second-order valence-corrected chi connectivity index (χ2v) is 12.5. The van der Waals surface area contributed by atoms with E-state index >= 15 is 0 Å². The number of aliphatic hydroxyl groups is 1. The molecule has 9 heteroatoms. The van der Waals surface area contributed by atoms with E-state index in [1.54, 1.807) is 22.3 Å². The number of nitrogens with zero attached hydrogens (tertiary/aromatic N) is 3. The molecule has 2 aliphatic heterocycles. The maximum atomic E-state index is 13.9. The van der Waals surface area contributed by atoms with Gasteiger partial charge in [0.1, 0.15) is 6.04 Å². The Balaban J connectivity index is 1.28. The summed E-state index contributed by atoms with van der Waals surface area (Å²) < 4.78 is 0.880. The Morgan fingerprint density at radius 2 is 1.92 bits per heavy atom. The number of aryl methyl sites for hydroxylation is 2. The van der Waals surface area contributed by atoms with Crippen LogP contribution in [0.4, 0.5) is 0 Å². The lowest BCUT2D eigenvalue weighted by molar-refractivity contribution is -0.142. The van der Waals surface area contributed by atoms with Crippen LogP contribution in [-0.2, 0) is 22.6 Å². The zero-order chi connectivity index (χ0) is 27.8. The molecule has 0 saturated carbocycles. The summed E-state index contributed by atoms with van der Waals surface area (Å²) in [5.74, 6) is -0.674. The molecule has 1 aromatic heterocycles. The van der Waals surface area contributed by atoms with Crippen molar-refractivity contribution < 1.29 is 19.5 Å². The van der Waals surface area contributed by atoms with E-state index < -0.39 is 18.2 Å². The SMILES string of the molecule is Cc1ncsc1-c1ccc(CCC(=O)[C@@H]2C[C@@H](O)CN2C(=O)[C@H](C(C)C)N2Cc3cc(Br)ccc3C2=O)cc1. The molecule has 1 saturated heterocycles. The maximum Gasteiger partial charge on any atom is 0.255 e. The van der Waals surface area contributed by atoms with Crippen molar-refractivity contribution in [3.05, 3.63) is 74.8 Å². The molecule has 1 N–H and O–H groups in total. The highest BCUT2D eigenvalue weighted by Gasteiger charge is 2.45. The average molecular weight is 611 g/mol. The first-order valence-electron chi connectivity index (χ1n) is 13.2. The van der Waals surface area contributed by atoms with Crippen LogP contribution in [0.3, 0.4) is 0 Å². The lowest BCUT2D eigenvalue weighted by Gasteiger charge is -2.35. The molecule has 0 unspecified atom stereocenters. The highest BCUT2D eigenvalue weighted by atomic mass is 79.9. The minimum absolute atomic E-state index is 0.0650. The van der Waals surface area contributed by atoms with Crippen LogP contribution in [0.5, 0.6) is 0 Å². The standard InChI is InChI=1S/C30H32BrN3O4S/c1-17(2)27(34-14-21-12-22(31)9-10-24(21)29(34)37)30(38)33-15-23(35)13-25(33)26(36)11-6-19-4-7-20(8-5-19)28-18(3)32-16-39-28/h4-5,7-10,12,16-17,23,25,27,35H,6,11,13-15H2,1-3H3/t23-,25+,27+/m1/s1. The second-order valence-electron chi connectivity index (χ2n) is 10.7. The number of fused-ring (bicyclic) bond motifs is 1. The van der Waals surface area contributed by atoms with E-state index in [9.17, 15) is 19.5 Å². The van der Waals surface area contributed by atoms with Crippen molar-refractivity contribution in [3.8, 4) is 10.4 Å². The highest BCUT2D eigenvalue weighted by molar-refractivity contribution is 9.10. The Morgan fingerprint density at radius 1 is 1.18 bits per heavy atom. The Hall–Kier alpha value is -2.88. The molecule has 0 bridgehead atoms. The summed E-state index contributed by atoms with van der Waals surface area (Å²) in [6.45, 7) is 6.25. The van der Waals surface area contributed by atoms with Gasteiger partial charge < -0.3 is 14.9 Å². The zero-order valence-corrected chi connectivity index (χ0v) is 24.7. The molecule has 39 heavy (non-hydrogen) atoms. The lowest BCUT2D eigenvalue weighted by Crippen LogP contribution is -2.54. The normalized spacial score (nSPS) is 19.6. The zero-order valence-electron chi connectivity index (χ0n) is 22.3. The molecular weight excluding hydrogens is 578 g/mol. The van der Waals surface area contributed by atoms with Gasteiger partial charge in [0.2, 0.25) is 5.91 Å². The van der Waals surface area contributed by atoms with Gasteiger partial charge in [0.25, 0.3) is 5.91 Å². The Morgan fingerprint density at radius 3 is 2.59 bits per heavy atom. The van der Waals surface area contributed by atoms with Gasteiger partial charge in [-0.25, -0.2) is 4.98 Å². The number of rotatable bonds is 8. The second kappa shape index (κ2) is 11.3. The van der Waals surface area contributed by atoms with Crippen molar-refractivity contribution in [2.75, 3.05) is 6.54 Å². The van der Waals surface area contributed by atoms with Crippen LogP contribution in [0.15, 0.2) is 52.4 Å². The third kappa shape index (κ3) is 5.58. The van der Waals surface area contributed by atoms with Crippen LogP contribution >= 0.6 is 27.3 Å². The minimum Gasteiger partial charge on any atom is -0.391 e. The number of hydrogen-bond donors (Lipinski definition) is 1. The maximum absolute atomic E-state index is 13.9. The molecule has 0 spiro atoms. The summed E-state index contributed by atoms with van der Waals surface area (Å²) in [7, 11) is 0. The number of ketones is 1. The number of likely N-dealkylation sites (tertiary alicyclic amines) is 1. The molecule has 2 aliphatic rings. The summed E-state index contributed by atoms with van der Waals surface area (Å²) in [5, 5.41) is 10.5. The first-order chi connectivity index (χ1) is 18.6. The van der Waals surface area contributed by atoms with Gasteiger partial charge >= 0.3 is 0 Å². The van der Waals surface area contributed by atoms with Crippen LogP contribution in [0.25, 0.3) is 10.4 Å². The summed E-state index contributed by atoms with van der Waals surface area (Å²) in [4.78, 5) is 49.1. The molecule has 7 nitrogen and oxygen atoms in total. The number of benzene rings is 2. The number of carbonyl (C=O) groups excluding carboxylic acids is 3. The monoisotopic (exact) mass is 609 g/mol. The Labute approximate surface area is 241 Å². The Kier molecular flexibility index (Phi) is 8.03. The molecule has 2 amide bonds. The van der Waals surface area contributed by atoms with E-state index in [2.05, 4.69) is 20.9 Å². The first-order valence-corrected chi connectivity index (χ1v) is 14.9. The van der Waals surface area contributed by atoms with E-state index in [1.807, 2.05) is 62.7 Å². The van der Waals surface area contributed by atoms with Gasteiger partial charge in [-0.15, -0.1) is 11.3 Å². The van der Waals surface area contributed by atoms with Crippen LogP contribution in [0.2, 0.25) is 0 Å². The van der Waals surface area contributed by atoms with Gasteiger partial charge in [0, 0.05) is 36.0 Å². The summed E-state index contributed by atoms with van der Waals surface area (Å²) >= 11 is 5.06. The number of halogens is 1. The fourth-order valence-electron chi connectivity index (χ4n) is 5.68. The van der Waals surface area contributed by atoms with Gasteiger partial charge in [-0.1, -0.05) is 54.0 Å². The van der Waals surface area contributed by atoms with Gasteiger partial charge in [-0.05, 0) is 54.2 Å². The third-order valence-electron chi connectivity index (χ3n) is 7.67. The van der Waals surface area contributed by atoms with Crippen molar-refractivity contribution in [2.45, 2.75) is 64.8 Å². The number of Topliss-reactive ketones (excluding diaryl/α,β-unsaturated/α-hetero) is 1. The molecule has 3 heterocycles. The van der Waals surface area contributed by atoms with Crippen LogP contribution in [0.1, 0.15) is 53.9 Å². The number of amides is 2. The van der Waals surface area contributed by atoms with E-state index in [-0.39, 0.29) is 42.9 Å². The molecule has 5 rings (SSSR count). The molecule has 204 valence electrons. The number of thiazole rings is 1. The van der Waals surface area contributed by atoms with Crippen LogP contribution < -0.4 is 0 Å². The van der Waals surface area contributed by atoms with Crippen molar-refractivity contribution >= 4 is 44.9 Å². The minimum atomic E-state index is -0.764. The van der Waals surface area contributed by atoms with Gasteiger partial charge in [0.05, 0.1) is 28.2 Å². The van der Waals surface area contributed by atoms with Gasteiger partial charge in [-0.3, -0.25) is 14.4 Å². The average Bonchev–Trinajstić information content (AvgIpc) is 3.59. The number of aromatic nitrogens is 1. The molecule has 0 aliphatic carbocycles. The third-order valence-corrected chi connectivity index (χ3v) is 9.15. The van der Waals surface area contributed by atoms with E-state index in [4.69, 9.17) is 0 Å². The van der Waals surface area contributed by atoms with E-state index in [1.165, 1.54) is 4.90 Å². The van der Waals surface area contributed by atoms with Crippen molar-refractivity contribution in [3.63, 3.8) is 0 Å². The largest absolute Gasteiger partial charge is 0.391 e. The van der Waals surface area contributed by atoms with Gasteiger partial charge in [0.15, 0.2) is 5.78 Å². The lowest BCUT2D eigenvalue weighted by atomic mass is 9.98. The number of carbonyl (C=O) groups is 3. The molecule has 3 atom stereocenters. The van der Waals surface area contributed by atoms with Crippen LogP contribution in [0, 0.1) is 12.8 Å². The fraction of sp³-hybridized carbons (Fsp3) is 0.400. The molecular formula is C30H32BrN3O4S. The van der Waals surface area contributed by atoms with Gasteiger partial charge in [-0.2, -0.15) is 0 Å². The fourth-order valence-corrected chi connectivity index (χ4v) is 6.90. The van der Waals surface area contributed by atoms with Crippen LogP contribution in [-0.4, -0.2) is 62.2 Å². The van der Waals surface area contributed by atoms with Crippen molar-refractivity contribution in [1.82, 2.24) is 14.8 Å². The highest BCUT2D eigenvalue weighted by Crippen LogP contribution is 2.32. The topological polar surface area (TPSA) is 90.8 Å². The van der Waals surface area contributed by atoms with E-state index in [0.29, 0.717) is 18.5 Å². The number of aliphatic hydroxyl groups excluding tert-OH is 1. The van der Waals surface area contributed by atoms with Crippen molar-refractivity contribution in [2.24, 2.45) is 5.92 Å². The number of β-amino-alcohol motifs (C(OH)–C–C–N with tert-alkyl or cyclic N) is 1. The quantitative estimate of drug-likeness (QED) is 0.387. The smallest absolute Gasteiger partial charge is 0.255 e.